The van der Waals surface area contributed by atoms with E-state index in [0.29, 0.717) is 0 Å². The second kappa shape index (κ2) is 56.5. The summed E-state index contributed by atoms with van der Waals surface area (Å²) in [5.41, 5.74) is 0. The first-order chi connectivity index (χ1) is 14.9. The first-order valence-corrected chi connectivity index (χ1v) is 9.02. The molecule has 4 nitrogen and oxygen atoms in total. The van der Waals surface area contributed by atoms with E-state index in [2.05, 4.69) is 21.3 Å². The standard InChI is InChI=1S/C12H27N4.4CF3.2CH3.2ClH.Ti/c1-5-13-7-2-9-15-11-4-12-16-10-3-8-14-6-1;4*2-1(3)4;;;;;/h13-15H,1-12H2;;;;;2*1H3;2*1H;/q7*-1;;;. The summed E-state index contributed by atoms with van der Waals surface area (Å²) >= 11 is 0. The zero-order valence-corrected chi connectivity index (χ0v) is 23.5. The molecule has 0 spiro atoms. The quantitative estimate of drug-likeness (QED) is 0.142. The van der Waals surface area contributed by atoms with E-state index in [9.17, 15) is 52.7 Å². The second-order valence-corrected chi connectivity index (χ2v) is 5.19. The summed E-state index contributed by atoms with van der Waals surface area (Å²) < 4.78 is 115. The maximum Gasteiger partial charge on any atom is 0.154 e. The van der Waals surface area contributed by atoms with Crippen molar-refractivity contribution in [3.8, 4) is 0 Å². The Hall–Kier alpha value is 0.294. The minimum absolute atomic E-state index is 0. The molecule has 1 aliphatic heterocycles. The molecule has 0 atom stereocenters. The first-order valence-electron chi connectivity index (χ1n) is 9.02. The van der Waals surface area contributed by atoms with Crippen molar-refractivity contribution in [3.05, 3.63) is 46.9 Å². The van der Waals surface area contributed by atoms with Crippen LogP contribution in [0.25, 0.3) is 5.32 Å². The molecule has 0 radical (unpaired) electrons. The van der Waals surface area contributed by atoms with E-state index >= 15 is 0 Å². The average molecular weight is 654 g/mol. The van der Waals surface area contributed by atoms with Gasteiger partial charge >= 0.3 is 0 Å². The Morgan fingerprint density at radius 2 is 0.568 bits per heavy atom. The Labute approximate surface area is 239 Å². The predicted octanol–water partition coefficient (Wildman–Crippen LogP) is 7.81. The predicted molar refractivity (Wildman–Crippen MR) is 124 cm³/mol. The Balaban J connectivity index is -0.0000000450. The van der Waals surface area contributed by atoms with Crippen LogP contribution in [0.3, 0.4) is 0 Å². The van der Waals surface area contributed by atoms with Gasteiger partial charge in [0.15, 0.2) is 26.7 Å². The van der Waals surface area contributed by atoms with Crippen molar-refractivity contribution < 1.29 is 74.4 Å². The van der Waals surface area contributed by atoms with Crippen molar-refractivity contribution in [2.24, 2.45) is 0 Å². The number of rotatable bonds is 0. The fraction of sp³-hybridized carbons (Fsp3) is 0.667. The molecule has 236 valence electrons. The maximum atomic E-state index is 9.58. The topological polar surface area (TPSA) is 50.2 Å². The summed E-state index contributed by atoms with van der Waals surface area (Å²) in [7, 11) is 0. The van der Waals surface area contributed by atoms with Crippen LogP contribution in [0.5, 0.6) is 0 Å². The Morgan fingerprint density at radius 1 is 0.405 bits per heavy atom. The van der Waals surface area contributed by atoms with E-state index in [1.165, 1.54) is 25.7 Å². The fourth-order valence-electron chi connectivity index (χ4n) is 1.80. The molecule has 0 aromatic carbocycles. The maximum absolute atomic E-state index is 9.58. The van der Waals surface area contributed by atoms with Crippen molar-refractivity contribution in [1.82, 2.24) is 16.0 Å². The van der Waals surface area contributed by atoms with Crippen LogP contribution in [-0.4, -0.2) is 52.4 Å². The molecule has 0 aromatic rings. The summed E-state index contributed by atoms with van der Waals surface area (Å²) in [6, 6.07) is 0. The van der Waals surface area contributed by atoms with Gasteiger partial charge in [-0.3, -0.25) is 0 Å². The van der Waals surface area contributed by atoms with Gasteiger partial charge in [-0.25, -0.2) is 0 Å². The van der Waals surface area contributed by atoms with Gasteiger partial charge < -0.3 is 88.8 Å². The number of nitrogens with zero attached hydrogens (tertiary/aromatic N) is 1. The summed E-state index contributed by atoms with van der Waals surface area (Å²) in [4.78, 5) is 0. The third kappa shape index (κ3) is 161. The Morgan fingerprint density at radius 3 is 0.757 bits per heavy atom. The van der Waals surface area contributed by atoms with Crippen LogP contribution in [0.1, 0.15) is 25.7 Å². The largest absolute Gasteiger partial charge is 0.662 e. The molecule has 37 heavy (non-hydrogen) atoms. The van der Waals surface area contributed by atoms with Crippen LogP contribution < -0.4 is 16.0 Å². The SMILES string of the molecule is C1C[N-]CCCNCCCNCCCNC1.Cl.Cl.F[C-](F)F.F[C-](F)F.F[C-](F)F.F[C-](F)F.[CH3-].[CH3-].[Ti]. The van der Waals surface area contributed by atoms with Gasteiger partial charge in [0.25, 0.3) is 0 Å². The third-order valence-corrected chi connectivity index (χ3v) is 2.75. The van der Waals surface area contributed by atoms with Crippen molar-refractivity contribution in [2.75, 3.05) is 52.4 Å². The summed E-state index contributed by atoms with van der Waals surface area (Å²) in [6.45, 7) is -3.54. The van der Waals surface area contributed by atoms with Gasteiger partial charge in [0, 0.05) is 21.7 Å². The molecule has 1 fully saturated rings. The summed E-state index contributed by atoms with van der Waals surface area (Å²) in [6.07, 6.45) is 4.82. The average Bonchev–Trinajstić information content (AvgIpc) is 2.60. The monoisotopic (exact) mass is 653 g/mol. The molecule has 0 bridgehead atoms. The van der Waals surface area contributed by atoms with E-state index in [1.807, 2.05) is 0 Å². The third-order valence-electron chi connectivity index (χ3n) is 2.75. The number of halogens is 14. The first kappa shape index (κ1) is 61.4. The molecule has 1 rings (SSSR count). The van der Waals surface area contributed by atoms with E-state index in [4.69, 9.17) is 0 Å². The van der Waals surface area contributed by atoms with E-state index in [1.54, 1.807) is 0 Å². The molecular weight excluding hydrogens is 619 g/mol. The molecule has 0 saturated carbocycles. The summed E-state index contributed by atoms with van der Waals surface area (Å²) in [5, 5.41) is 14.9. The van der Waals surface area contributed by atoms with Crippen LogP contribution in [0.2, 0.25) is 0 Å². The van der Waals surface area contributed by atoms with E-state index < -0.39 is 26.7 Å². The molecule has 0 aliphatic carbocycles. The molecule has 0 unspecified atom stereocenters. The van der Waals surface area contributed by atoms with Crippen molar-refractivity contribution >= 4 is 24.8 Å². The molecule has 1 aliphatic rings. The van der Waals surface area contributed by atoms with Crippen LogP contribution in [0.4, 0.5) is 52.7 Å². The van der Waals surface area contributed by atoms with Gasteiger partial charge in [-0.1, -0.05) is 12.8 Å². The second-order valence-electron chi connectivity index (χ2n) is 5.19. The molecular formula is C18H35Cl2F12N4Ti-7. The van der Waals surface area contributed by atoms with Gasteiger partial charge in [0.1, 0.15) is 0 Å². The van der Waals surface area contributed by atoms with Gasteiger partial charge in [-0.15, -0.1) is 37.9 Å². The molecule has 0 aromatic heterocycles. The van der Waals surface area contributed by atoms with Crippen molar-refractivity contribution in [3.63, 3.8) is 0 Å². The van der Waals surface area contributed by atoms with Crippen LogP contribution >= 0.6 is 24.8 Å². The van der Waals surface area contributed by atoms with Crippen LogP contribution in [-0.2, 0) is 21.7 Å². The normalized spacial score (nSPS) is 14.3. The minimum atomic E-state index is -3.08. The van der Waals surface area contributed by atoms with E-state index in [-0.39, 0.29) is 61.4 Å². The van der Waals surface area contributed by atoms with Gasteiger partial charge in [-0.2, -0.15) is 0 Å². The Bertz CT molecular complexity index is 227. The fourth-order valence-corrected chi connectivity index (χ4v) is 1.80. The smallest absolute Gasteiger partial charge is 0.154 e. The van der Waals surface area contributed by atoms with Gasteiger partial charge in [-0.05, 0) is 52.1 Å². The number of nitrogens with one attached hydrogen (secondary N) is 3. The molecule has 19 heteroatoms. The van der Waals surface area contributed by atoms with Gasteiger partial charge in [0.05, 0.1) is 0 Å². The summed E-state index contributed by atoms with van der Waals surface area (Å²) in [5.74, 6) is 0. The number of hydrogen-bond acceptors (Lipinski definition) is 3. The minimum Gasteiger partial charge on any atom is -0.662 e. The molecule has 3 N–H and O–H groups in total. The zero-order valence-electron chi connectivity index (χ0n) is 20.3. The van der Waals surface area contributed by atoms with E-state index in [0.717, 1.165) is 52.4 Å². The Kier molecular flexibility index (Phi) is 93.7. The van der Waals surface area contributed by atoms with Crippen LogP contribution in [0.15, 0.2) is 0 Å². The van der Waals surface area contributed by atoms with Crippen LogP contribution in [0, 0.1) is 41.6 Å². The zero-order chi connectivity index (χ0) is 25.6. The van der Waals surface area contributed by atoms with Gasteiger partial charge in [0.2, 0.25) is 0 Å². The molecule has 1 heterocycles. The molecule has 1 saturated heterocycles. The van der Waals surface area contributed by atoms with Crippen molar-refractivity contribution in [2.45, 2.75) is 25.7 Å². The molecule has 0 amide bonds. The number of hydrogen-bond donors (Lipinski definition) is 3. The van der Waals surface area contributed by atoms with Crippen molar-refractivity contribution in [1.29, 1.82) is 0 Å².